The van der Waals surface area contributed by atoms with Crippen LogP contribution < -0.4 is 14.8 Å². The summed E-state index contributed by atoms with van der Waals surface area (Å²) in [5.41, 5.74) is 2.36. The maximum atomic E-state index is 6.01. The first-order chi connectivity index (χ1) is 7.54. The van der Waals surface area contributed by atoms with E-state index in [0.717, 1.165) is 24.6 Å². The minimum absolute atomic E-state index is 0.0883. The third-order valence-corrected chi connectivity index (χ3v) is 3.13. The fraction of sp³-hybridized carbons (Fsp3) is 0.538. The Balaban J connectivity index is 2.28. The lowest BCUT2D eigenvalue weighted by Gasteiger charge is -2.39. The van der Waals surface area contributed by atoms with Crippen molar-refractivity contribution in [3.63, 3.8) is 0 Å². The molecule has 0 amide bonds. The van der Waals surface area contributed by atoms with Crippen molar-refractivity contribution in [2.75, 3.05) is 20.2 Å². The van der Waals surface area contributed by atoms with E-state index in [4.69, 9.17) is 9.47 Å². The van der Waals surface area contributed by atoms with Gasteiger partial charge in [-0.05, 0) is 44.0 Å². The summed E-state index contributed by atoms with van der Waals surface area (Å²) < 4.78 is 11.4. The second kappa shape index (κ2) is 3.98. The Morgan fingerprint density at radius 2 is 1.69 bits per heavy atom. The van der Waals surface area contributed by atoms with Crippen LogP contribution in [0.4, 0.5) is 0 Å². The van der Waals surface area contributed by atoms with Crippen molar-refractivity contribution in [3.8, 4) is 11.5 Å². The monoisotopic (exact) mass is 221 g/mol. The van der Waals surface area contributed by atoms with Gasteiger partial charge in [0.15, 0.2) is 11.5 Å². The van der Waals surface area contributed by atoms with Crippen molar-refractivity contribution >= 4 is 0 Å². The molecule has 1 aromatic carbocycles. The van der Waals surface area contributed by atoms with Crippen molar-refractivity contribution in [2.24, 2.45) is 0 Å². The maximum Gasteiger partial charge on any atom is 0.162 e. The van der Waals surface area contributed by atoms with Crippen molar-refractivity contribution in [3.05, 3.63) is 23.3 Å². The van der Waals surface area contributed by atoms with Crippen molar-refractivity contribution in [2.45, 2.75) is 26.4 Å². The van der Waals surface area contributed by atoms with E-state index in [-0.39, 0.29) is 5.60 Å². The van der Waals surface area contributed by atoms with Crippen LogP contribution in [0.15, 0.2) is 12.1 Å². The zero-order valence-electron chi connectivity index (χ0n) is 10.4. The number of aryl methyl sites for hydroxylation is 2. The van der Waals surface area contributed by atoms with Gasteiger partial charge in [-0.25, -0.2) is 0 Å². The Hall–Kier alpha value is -1.22. The molecule has 0 saturated carbocycles. The Morgan fingerprint density at radius 3 is 2.12 bits per heavy atom. The molecular formula is C13H19NO2. The van der Waals surface area contributed by atoms with Crippen LogP contribution in [0.1, 0.15) is 18.1 Å². The summed E-state index contributed by atoms with van der Waals surface area (Å²) in [5.74, 6) is 1.66. The van der Waals surface area contributed by atoms with Crippen LogP contribution in [-0.4, -0.2) is 25.8 Å². The minimum Gasteiger partial charge on any atom is -0.493 e. The summed E-state index contributed by atoms with van der Waals surface area (Å²) in [6.45, 7) is 8.06. The fourth-order valence-electron chi connectivity index (χ4n) is 1.82. The summed E-state index contributed by atoms with van der Waals surface area (Å²) in [6, 6.07) is 4.08. The molecule has 1 fully saturated rings. The van der Waals surface area contributed by atoms with Gasteiger partial charge in [-0.1, -0.05) is 0 Å². The van der Waals surface area contributed by atoms with Gasteiger partial charge in [0.05, 0.1) is 7.11 Å². The number of nitrogens with one attached hydrogen (secondary N) is 1. The smallest absolute Gasteiger partial charge is 0.162 e. The molecule has 0 aliphatic carbocycles. The van der Waals surface area contributed by atoms with Crippen LogP contribution in [-0.2, 0) is 0 Å². The number of hydrogen-bond acceptors (Lipinski definition) is 3. The lowest BCUT2D eigenvalue weighted by molar-refractivity contribution is 0.0323. The number of benzene rings is 1. The third kappa shape index (κ3) is 2.00. The first kappa shape index (κ1) is 11.3. The molecule has 0 unspecified atom stereocenters. The van der Waals surface area contributed by atoms with Gasteiger partial charge < -0.3 is 14.8 Å². The zero-order valence-corrected chi connectivity index (χ0v) is 10.4. The van der Waals surface area contributed by atoms with Crippen LogP contribution >= 0.6 is 0 Å². The van der Waals surface area contributed by atoms with Gasteiger partial charge in [0.1, 0.15) is 5.60 Å². The maximum absolute atomic E-state index is 6.01. The summed E-state index contributed by atoms with van der Waals surface area (Å²) >= 11 is 0. The van der Waals surface area contributed by atoms with Gasteiger partial charge in [0.2, 0.25) is 0 Å². The van der Waals surface area contributed by atoms with Gasteiger partial charge >= 0.3 is 0 Å². The largest absolute Gasteiger partial charge is 0.493 e. The van der Waals surface area contributed by atoms with Crippen LogP contribution in [0.25, 0.3) is 0 Å². The Kier molecular flexibility index (Phi) is 2.80. The number of methoxy groups -OCH3 is 1. The average molecular weight is 221 g/mol. The average Bonchev–Trinajstić information content (AvgIpc) is 2.21. The van der Waals surface area contributed by atoms with Gasteiger partial charge in [0, 0.05) is 13.1 Å². The molecule has 1 aliphatic heterocycles. The van der Waals surface area contributed by atoms with Gasteiger partial charge in [-0.3, -0.25) is 0 Å². The summed E-state index contributed by atoms with van der Waals surface area (Å²) in [7, 11) is 1.68. The van der Waals surface area contributed by atoms with E-state index in [9.17, 15) is 0 Å². The molecule has 3 heteroatoms. The van der Waals surface area contributed by atoms with Gasteiger partial charge in [-0.2, -0.15) is 0 Å². The van der Waals surface area contributed by atoms with E-state index < -0.39 is 0 Å². The van der Waals surface area contributed by atoms with E-state index in [1.807, 2.05) is 6.07 Å². The lowest BCUT2D eigenvalue weighted by atomic mass is 9.99. The fourth-order valence-corrected chi connectivity index (χ4v) is 1.82. The molecule has 1 aliphatic rings. The molecule has 3 nitrogen and oxygen atoms in total. The summed E-state index contributed by atoms with van der Waals surface area (Å²) in [4.78, 5) is 0. The second-order valence-electron chi connectivity index (χ2n) is 4.74. The van der Waals surface area contributed by atoms with Crippen LogP contribution in [0.2, 0.25) is 0 Å². The van der Waals surface area contributed by atoms with Crippen molar-refractivity contribution in [1.29, 1.82) is 0 Å². The van der Waals surface area contributed by atoms with Gasteiger partial charge in [-0.15, -0.1) is 0 Å². The van der Waals surface area contributed by atoms with Crippen LogP contribution in [0.3, 0.4) is 0 Å². The highest BCUT2D eigenvalue weighted by atomic mass is 16.5. The first-order valence-corrected chi connectivity index (χ1v) is 5.59. The standard InChI is InChI=1S/C13H19NO2/c1-9-5-11(15-4)12(6-10(9)2)16-13(3)7-14-8-13/h5-6,14H,7-8H2,1-4H3. The molecular weight excluding hydrogens is 202 g/mol. The molecule has 1 N–H and O–H groups in total. The minimum atomic E-state index is -0.0883. The molecule has 0 aromatic heterocycles. The predicted octanol–water partition coefficient (Wildman–Crippen LogP) is 2.05. The molecule has 88 valence electrons. The molecule has 1 saturated heterocycles. The van der Waals surface area contributed by atoms with E-state index in [2.05, 4.69) is 32.2 Å². The van der Waals surface area contributed by atoms with E-state index in [1.165, 1.54) is 11.1 Å². The normalized spacial score (nSPS) is 17.8. The highest BCUT2D eigenvalue weighted by molar-refractivity contribution is 5.47. The molecule has 0 atom stereocenters. The molecule has 1 heterocycles. The number of ether oxygens (including phenoxy) is 2. The molecule has 16 heavy (non-hydrogen) atoms. The zero-order chi connectivity index (χ0) is 11.8. The Morgan fingerprint density at radius 1 is 1.12 bits per heavy atom. The topological polar surface area (TPSA) is 30.5 Å². The molecule has 0 radical (unpaired) electrons. The third-order valence-electron chi connectivity index (χ3n) is 3.13. The summed E-state index contributed by atoms with van der Waals surface area (Å²) in [6.07, 6.45) is 0. The SMILES string of the molecule is COc1cc(C)c(C)cc1OC1(C)CNC1. The second-order valence-corrected chi connectivity index (χ2v) is 4.74. The Labute approximate surface area is 96.8 Å². The molecule has 2 rings (SSSR count). The molecule has 1 aromatic rings. The molecule has 0 bridgehead atoms. The van der Waals surface area contributed by atoms with Gasteiger partial charge in [0.25, 0.3) is 0 Å². The van der Waals surface area contributed by atoms with Crippen LogP contribution in [0.5, 0.6) is 11.5 Å². The summed E-state index contributed by atoms with van der Waals surface area (Å²) in [5, 5.41) is 3.22. The van der Waals surface area contributed by atoms with Crippen molar-refractivity contribution in [1.82, 2.24) is 5.32 Å². The van der Waals surface area contributed by atoms with Crippen LogP contribution in [0, 0.1) is 13.8 Å². The first-order valence-electron chi connectivity index (χ1n) is 5.59. The number of rotatable bonds is 3. The predicted molar refractivity (Wildman–Crippen MR) is 64.4 cm³/mol. The quantitative estimate of drug-likeness (QED) is 0.847. The number of hydrogen-bond donors (Lipinski definition) is 1. The van der Waals surface area contributed by atoms with E-state index >= 15 is 0 Å². The van der Waals surface area contributed by atoms with E-state index in [0.29, 0.717) is 0 Å². The lowest BCUT2D eigenvalue weighted by Crippen LogP contribution is -2.61. The highest BCUT2D eigenvalue weighted by Crippen LogP contribution is 2.33. The van der Waals surface area contributed by atoms with Crippen molar-refractivity contribution < 1.29 is 9.47 Å². The highest BCUT2D eigenvalue weighted by Gasteiger charge is 2.34. The van der Waals surface area contributed by atoms with E-state index in [1.54, 1.807) is 7.11 Å². The Bertz CT molecular complexity index is 397. The molecule has 0 spiro atoms.